The molecule has 170 valence electrons. The van der Waals surface area contributed by atoms with E-state index in [2.05, 4.69) is 5.32 Å². The van der Waals surface area contributed by atoms with Crippen LogP contribution >= 0.6 is 11.6 Å². The van der Waals surface area contributed by atoms with Gasteiger partial charge >= 0.3 is 0 Å². The summed E-state index contributed by atoms with van der Waals surface area (Å²) in [4.78, 5) is 12.1. The van der Waals surface area contributed by atoms with Gasteiger partial charge < -0.3 is 19.5 Å². The Labute approximate surface area is 188 Å². The number of rotatable bonds is 12. The maximum atomic E-state index is 12.4. The first kappa shape index (κ1) is 24.6. The maximum Gasteiger partial charge on any atom is 0.232 e. The van der Waals surface area contributed by atoms with E-state index in [9.17, 15) is 13.2 Å². The van der Waals surface area contributed by atoms with Crippen LogP contribution in [0.4, 0.5) is 5.69 Å². The number of nitrogens with one attached hydrogen (secondary N) is 1. The third-order valence-electron chi connectivity index (χ3n) is 4.32. The second-order valence-corrected chi connectivity index (χ2v) is 8.92. The Kier molecular flexibility index (Phi) is 9.26. The highest BCUT2D eigenvalue weighted by molar-refractivity contribution is 7.92. The third kappa shape index (κ3) is 7.52. The van der Waals surface area contributed by atoms with Gasteiger partial charge in [-0.3, -0.25) is 9.10 Å². The van der Waals surface area contributed by atoms with E-state index >= 15 is 0 Å². The SMILES string of the molecule is COc1cc(N(CCCC(=O)NCCOc2ccccc2)S(C)(=O)=O)c(OC)cc1Cl. The monoisotopic (exact) mass is 470 g/mol. The quantitative estimate of drug-likeness (QED) is 0.479. The lowest BCUT2D eigenvalue weighted by Gasteiger charge is -2.25. The zero-order valence-electron chi connectivity index (χ0n) is 17.8. The second-order valence-electron chi connectivity index (χ2n) is 6.61. The third-order valence-corrected chi connectivity index (χ3v) is 5.80. The van der Waals surface area contributed by atoms with Crippen molar-refractivity contribution in [3.05, 3.63) is 47.5 Å². The molecule has 1 N–H and O–H groups in total. The number of methoxy groups -OCH3 is 2. The number of benzene rings is 2. The molecule has 0 radical (unpaired) electrons. The average molecular weight is 471 g/mol. The number of carbonyl (C=O) groups is 1. The molecule has 8 nitrogen and oxygen atoms in total. The first-order chi connectivity index (χ1) is 14.8. The molecule has 0 heterocycles. The van der Waals surface area contributed by atoms with Gasteiger partial charge in [0, 0.05) is 25.1 Å². The van der Waals surface area contributed by atoms with Crippen molar-refractivity contribution in [2.75, 3.05) is 44.5 Å². The van der Waals surface area contributed by atoms with Gasteiger partial charge in [0.05, 0.1) is 37.7 Å². The summed E-state index contributed by atoms with van der Waals surface area (Å²) in [5.41, 5.74) is 0.294. The lowest BCUT2D eigenvalue weighted by Crippen LogP contribution is -2.33. The van der Waals surface area contributed by atoms with Crippen LogP contribution in [0.15, 0.2) is 42.5 Å². The van der Waals surface area contributed by atoms with Crippen molar-refractivity contribution in [2.24, 2.45) is 0 Å². The van der Waals surface area contributed by atoms with Crippen LogP contribution < -0.4 is 23.8 Å². The lowest BCUT2D eigenvalue weighted by molar-refractivity contribution is -0.121. The molecule has 0 spiro atoms. The summed E-state index contributed by atoms with van der Waals surface area (Å²) >= 11 is 6.11. The fourth-order valence-electron chi connectivity index (χ4n) is 2.85. The number of para-hydroxylation sites is 1. The molecule has 0 saturated carbocycles. The molecular formula is C21H27ClN2O6S. The van der Waals surface area contributed by atoms with Crippen molar-refractivity contribution in [3.63, 3.8) is 0 Å². The normalized spacial score (nSPS) is 11.0. The number of amides is 1. The molecule has 31 heavy (non-hydrogen) atoms. The molecule has 0 saturated heterocycles. The average Bonchev–Trinajstić information content (AvgIpc) is 2.74. The van der Waals surface area contributed by atoms with Crippen LogP contribution in [0.3, 0.4) is 0 Å². The van der Waals surface area contributed by atoms with Gasteiger partial charge in [0.2, 0.25) is 15.9 Å². The van der Waals surface area contributed by atoms with Gasteiger partial charge in [0.1, 0.15) is 23.9 Å². The number of halogens is 1. The Morgan fingerprint density at radius 3 is 2.39 bits per heavy atom. The molecule has 0 atom stereocenters. The van der Waals surface area contributed by atoms with Gasteiger partial charge in [0.25, 0.3) is 0 Å². The molecule has 0 aromatic heterocycles. The Morgan fingerprint density at radius 1 is 1.10 bits per heavy atom. The standard InChI is InChI=1S/C21H27ClN2O6S/c1-28-19-15-18(20(29-2)14-17(19)22)24(31(3,26)27)12-7-10-21(25)23-11-13-30-16-8-5-4-6-9-16/h4-6,8-9,14-15H,7,10-13H2,1-3H3,(H,23,25). The first-order valence-corrected chi connectivity index (χ1v) is 11.8. The zero-order chi connectivity index (χ0) is 22.9. The minimum atomic E-state index is -3.63. The predicted molar refractivity (Wildman–Crippen MR) is 121 cm³/mol. The van der Waals surface area contributed by atoms with E-state index in [0.717, 1.165) is 12.0 Å². The Morgan fingerprint density at radius 2 is 1.77 bits per heavy atom. The van der Waals surface area contributed by atoms with Crippen LogP contribution in [-0.2, 0) is 14.8 Å². The maximum absolute atomic E-state index is 12.4. The van der Waals surface area contributed by atoms with E-state index < -0.39 is 10.0 Å². The molecule has 0 bridgehead atoms. The summed E-state index contributed by atoms with van der Waals surface area (Å²) in [7, 11) is -0.773. The van der Waals surface area contributed by atoms with Crippen LogP contribution in [-0.4, -0.2) is 54.5 Å². The molecule has 2 aromatic carbocycles. The lowest BCUT2D eigenvalue weighted by atomic mass is 10.2. The molecule has 10 heteroatoms. The van der Waals surface area contributed by atoms with E-state index in [4.69, 9.17) is 25.8 Å². The number of sulfonamides is 1. The number of hydrogen-bond donors (Lipinski definition) is 1. The fourth-order valence-corrected chi connectivity index (χ4v) is 4.04. The van der Waals surface area contributed by atoms with Gasteiger partial charge in [-0.2, -0.15) is 0 Å². The second kappa shape index (κ2) is 11.7. The summed E-state index contributed by atoms with van der Waals surface area (Å²) in [5.74, 6) is 1.15. The van der Waals surface area contributed by atoms with Crippen LogP contribution in [0.2, 0.25) is 5.02 Å². The molecule has 1 amide bonds. The number of nitrogens with zero attached hydrogens (tertiary/aromatic N) is 1. The van der Waals surface area contributed by atoms with Crippen LogP contribution in [0.1, 0.15) is 12.8 Å². The predicted octanol–water partition coefficient (Wildman–Crippen LogP) is 3.10. The van der Waals surface area contributed by atoms with Crippen molar-refractivity contribution in [1.82, 2.24) is 5.32 Å². The van der Waals surface area contributed by atoms with Gasteiger partial charge in [0.15, 0.2) is 0 Å². The molecular weight excluding hydrogens is 444 g/mol. The molecule has 0 unspecified atom stereocenters. The van der Waals surface area contributed by atoms with Gasteiger partial charge in [-0.15, -0.1) is 0 Å². The highest BCUT2D eigenvalue weighted by Gasteiger charge is 2.23. The Balaban J connectivity index is 1.92. The van der Waals surface area contributed by atoms with Gasteiger partial charge in [-0.1, -0.05) is 29.8 Å². The fraction of sp³-hybridized carbons (Fsp3) is 0.381. The number of carbonyl (C=O) groups excluding carboxylic acids is 1. The topological polar surface area (TPSA) is 94.2 Å². The molecule has 2 aromatic rings. The van der Waals surface area contributed by atoms with E-state index in [1.165, 1.54) is 30.7 Å². The van der Waals surface area contributed by atoms with Crippen molar-refractivity contribution >= 4 is 33.2 Å². The summed E-state index contributed by atoms with van der Waals surface area (Å²) in [5, 5.41) is 3.06. The van der Waals surface area contributed by atoms with E-state index in [0.29, 0.717) is 41.8 Å². The highest BCUT2D eigenvalue weighted by atomic mass is 35.5. The van der Waals surface area contributed by atoms with Gasteiger partial charge in [-0.05, 0) is 18.6 Å². The number of ether oxygens (including phenoxy) is 3. The zero-order valence-corrected chi connectivity index (χ0v) is 19.3. The summed E-state index contributed by atoms with van der Waals surface area (Å²) in [6.45, 7) is 0.784. The highest BCUT2D eigenvalue weighted by Crippen LogP contribution is 2.39. The van der Waals surface area contributed by atoms with Crippen LogP contribution in [0.25, 0.3) is 0 Å². The summed E-state index contributed by atoms with van der Waals surface area (Å²) in [6.07, 6.45) is 1.56. The number of hydrogen-bond acceptors (Lipinski definition) is 6. The van der Waals surface area contributed by atoms with Crippen molar-refractivity contribution in [3.8, 4) is 17.2 Å². The van der Waals surface area contributed by atoms with Crippen molar-refractivity contribution < 1.29 is 27.4 Å². The summed E-state index contributed by atoms with van der Waals surface area (Å²) in [6, 6.07) is 12.3. The Hall–Kier alpha value is -2.65. The van der Waals surface area contributed by atoms with Gasteiger partial charge in [-0.25, -0.2) is 8.42 Å². The smallest absolute Gasteiger partial charge is 0.232 e. The molecule has 0 aliphatic rings. The van der Waals surface area contributed by atoms with Crippen molar-refractivity contribution in [2.45, 2.75) is 12.8 Å². The largest absolute Gasteiger partial charge is 0.495 e. The Bertz CT molecular complexity index is 969. The molecule has 0 aliphatic carbocycles. The minimum absolute atomic E-state index is 0.0912. The summed E-state index contributed by atoms with van der Waals surface area (Å²) < 4.78 is 42.0. The molecule has 2 rings (SSSR count). The van der Waals surface area contributed by atoms with E-state index in [1.54, 1.807) is 0 Å². The minimum Gasteiger partial charge on any atom is -0.495 e. The van der Waals surface area contributed by atoms with Crippen molar-refractivity contribution in [1.29, 1.82) is 0 Å². The first-order valence-electron chi connectivity index (χ1n) is 9.60. The number of anilines is 1. The molecule has 0 aliphatic heterocycles. The molecule has 0 fully saturated rings. The van der Waals surface area contributed by atoms with Crippen LogP contribution in [0.5, 0.6) is 17.2 Å². The van der Waals surface area contributed by atoms with Crippen LogP contribution in [0, 0.1) is 0 Å². The van der Waals surface area contributed by atoms with E-state index in [1.807, 2.05) is 30.3 Å². The van der Waals surface area contributed by atoms with E-state index in [-0.39, 0.29) is 18.9 Å².